The van der Waals surface area contributed by atoms with E-state index in [4.69, 9.17) is 0 Å². The highest BCUT2D eigenvalue weighted by Crippen LogP contribution is 2.68. The second-order valence-corrected chi connectivity index (χ2v) is 6.44. The van der Waals surface area contributed by atoms with Crippen LogP contribution in [0.25, 0.3) is 0 Å². The summed E-state index contributed by atoms with van der Waals surface area (Å²) >= 11 is 0. The molecule has 3 aliphatic carbocycles. The summed E-state index contributed by atoms with van der Waals surface area (Å²) in [5.41, 5.74) is 0.744. The third-order valence-electron chi connectivity index (χ3n) is 5.90. The van der Waals surface area contributed by atoms with Crippen LogP contribution < -0.4 is 0 Å². The Labute approximate surface area is 88.5 Å². The van der Waals surface area contributed by atoms with Crippen LogP contribution >= 0.6 is 0 Å². The second kappa shape index (κ2) is 3.00. The molecule has 0 saturated heterocycles. The number of hydrogen-bond acceptors (Lipinski definition) is 0. The number of rotatable bonds is 1. The first-order valence-corrected chi connectivity index (χ1v) is 6.73. The van der Waals surface area contributed by atoms with E-state index in [1.54, 1.807) is 12.8 Å². The van der Waals surface area contributed by atoms with Crippen molar-refractivity contribution in [2.24, 2.45) is 29.1 Å². The average Bonchev–Trinajstić information content (AvgIpc) is 2.68. The third kappa shape index (κ3) is 1.12. The van der Waals surface area contributed by atoms with Gasteiger partial charge in [0, 0.05) is 0 Å². The first-order chi connectivity index (χ1) is 6.73. The molecule has 0 nitrogen and oxygen atoms in total. The molecule has 80 valence electrons. The summed E-state index contributed by atoms with van der Waals surface area (Å²) in [6.07, 6.45) is 10.7. The first-order valence-electron chi connectivity index (χ1n) is 6.73. The van der Waals surface area contributed by atoms with Crippen LogP contribution in [0, 0.1) is 29.1 Å². The standard InChI is InChI=1S/C14H24/c1-10-6-3-4-9-14(10,2)13-11-7-5-8-12(11)13/h10-13H,3-9H2,1-2H3. The molecule has 4 atom stereocenters. The molecule has 0 N–H and O–H groups in total. The molecule has 0 aliphatic heterocycles. The van der Waals surface area contributed by atoms with Gasteiger partial charge in [-0.05, 0) is 48.3 Å². The van der Waals surface area contributed by atoms with E-state index in [2.05, 4.69) is 13.8 Å². The Balaban J connectivity index is 1.76. The van der Waals surface area contributed by atoms with Crippen LogP contribution in [0.2, 0.25) is 0 Å². The molecule has 14 heavy (non-hydrogen) atoms. The normalized spacial score (nSPS) is 57.0. The van der Waals surface area contributed by atoms with Crippen molar-refractivity contribution in [1.29, 1.82) is 0 Å². The van der Waals surface area contributed by atoms with Gasteiger partial charge in [0.05, 0.1) is 0 Å². The molecule has 0 aromatic carbocycles. The highest BCUT2D eigenvalue weighted by atomic mass is 14.7. The van der Waals surface area contributed by atoms with E-state index in [1.807, 2.05) is 0 Å². The maximum absolute atomic E-state index is 2.61. The van der Waals surface area contributed by atoms with E-state index in [-0.39, 0.29) is 0 Å². The van der Waals surface area contributed by atoms with Gasteiger partial charge in [0.2, 0.25) is 0 Å². The lowest BCUT2D eigenvalue weighted by atomic mass is 9.64. The van der Waals surface area contributed by atoms with Crippen molar-refractivity contribution < 1.29 is 0 Å². The molecule has 0 spiro atoms. The smallest absolute Gasteiger partial charge is 0.0266 e. The molecule has 3 aliphatic rings. The van der Waals surface area contributed by atoms with E-state index in [1.165, 1.54) is 43.9 Å². The maximum Gasteiger partial charge on any atom is -0.0266 e. The summed E-state index contributed by atoms with van der Waals surface area (Å²) in [7, 11) is 0. The van der Waals surface area contributed by atoms with Crippen molar-refractivity contribution in [3.63, 3.8) is 0 Å². The second-order valence-electron chi connectivity index (χ2n) is 6.44. The van der Waals surface area contributed by atoms with Crippen LogP contribution in [0.5, 0.6) is 0 Å². The minimum atomic E-state index is 0.744. The zero-order valence-electron chi connectivity index (χ0n) is 9.76. The maximum atomic E-state index is 2.61. The molecule has 0 aromatic heterocycles. The lowest BCUT2D eigenvalue weighted by Crippen LogP contribution is -2.32. The number of fused-ring (bicyclic) bond motifs is 1. The van der Waals surface area contributed by atoms with Gasteiger partial charge in [0.25, 0.3) is 0 Å². The SMILES string of the molecule is CC1CCCCC1(C)C1C2CCCC21. The van der Waals surface area contributed by atoms with Gasteiger partial charge < -0.3 is 0 Å². The van der Waals surface area contributed by atoms with Crippen LogP contribution in [0.1, 0.15) is 58.8 Å². The lowest BCUT2D eigenvalue weighted by Gasteiger charge is -2.41. The summed E-state index contributed by atoms with van der Waals surface area (Å²) in [6, 6.07) is 0. The van der Waals surface area contributed by atoms with E-state index in [0.29, 0.717) is 0 Å². The Morgan fingerprint density at radius 2 is 1.64 bits per heavy atom. The van der Waals surface area contributed by atoms with Crippen LogP contribution in [-0.2, 0) is 0 Å². The van der Waals surface area contributed by atoms with Gasteiger partial charge in [0.15, 0.2) is 0 Å². The molecule has 0 heteroatoms. The molecule has 0 heterocycles. The van der Waals surface area contributed by atoms with Crippen LogP contribution in [-0.4, -0.2) is 0 Å². The quantitative estimate of drug-likeness (QED) is 0.582. The van der Waals surface area contributed by atoms with Gasteiger partial charge in [0.1, 0.15) is 0 Å². The summed E-state index contributed by atoms with van der Waals surface area (Å²) in [5, 5.41) is 0. The Bertz CT molecular complexity index is 222. The van der Waals surface area contributed by atoms with E-state index in [9.17, 15) is 0 Å². The highest BCUT2D eigenvalue weighted by molar-refractivity contribution is 5.09. The Morgan fingerprint density at radius 1 is 0.929 bits per heavy atom. The summed E-state index contributed by atoms with van der Waals surface area (Å²) < 4.78 is 0. The summed E-state index contributed by atoms with van der Waals surface area (Å²) in [6.45, 7) is 5.13. The van der Waals surface area contributed by atoms with Crippen molar-refractivity contribution in [1.82, 2.24) is 0 Å². The van der Waals surface area contributed by atoms with Gasteiger partial charge in [-0.3, -0.25) is 0 Å². The van der Waals surface area contributed by atoms with Gasteiger partial charge in [-0.2, -0.15) is 0 Å². The fraction of sp³-hybridized carbons (Fsp3) is 1.00. The van der Waals surface area contributed by atoms with Gasteiger partial charge in [-0.15, -0.1) is 0 Å². The van der Waals surface area contributed by atoms with Gasteiger partial charge in [-0.25, -0.2) is 0 Å². The Morgan fingerprint density at radius 3 is 2.29 bits per heavy atom. The minimum absolute atomic E-state index is 0.744. The van der Waals surface area contributed by atoms with E-state index in [0.717, 1.165) is 17.3 Å². The zero-order chi connectivity index (χ0) is 9.76. The third-order valence-corrected chi connectivity index (χ3v) is 5.90. The molecule has 0 aromatic rings. The number of hydrogen-bond donors (Lipinski definition) is 0. The van der Waals surface area contributed by atoms with E-state index >= 15 is 0 Å². The zero-order valence-corrected chi connectivity index (χ0v) is 9.76. The molecule has 3 saturated carbocycles. The molecule has 0 amide bonds. The average molecular weight is 192 g/mol. The lowest BCUT2D eigenvalue weighted by molar-refractivity contribution is 0.0844. The molecule has 3 rings (SSSR count). The van der Waals surface area contributed by atoms with Crippen molar-refractivity contribution in [3.05, 3.63) is 0 Å². The van der Waals surface area contributed by atoms with Crippen molar-refractivity contribution in [3.8, 4) is 0 Å². The summed E-state index contributed by atoms with van der Waals surface area (Å²) in [5.74, 6) is 4.49. The first kappa shape index (κ1) is 9.24. The fourth-order valence-corrected chi connectivity index (χ4v) is 4.83. The van der Waals surface area contributed by atoms with Gasteiger partial charge in [-0.1, -0.05) is 39.5 Å². The molecular formula is C14H24. The Hall–Kier alpha value is 0. The highest BCUT2D eigenvalue weighted by Gasteiger charge is 2.61. The van der Waals surface area contributed by atoms with E-state index < -0.39 is 0 Å². The fourth-order valence-electron chi connectivity index (χ4n) is 4.83. The molecular weight excluding hydrogens is 168 g/mol. The molecule has 0 radical (unpaired) electrons. The summed E-state index contributed by atoms with van der Waals surface area (Å²) in [4.78, 5) is 0. The van der Waals surface area contributed by atoms with Crippen LogP contribution in [0.4, 0.5) is 0 Å². The monoisotopic (exact) mass is 192 g/mol. The molecule has 4 unspecified atom stereocenters. The van der Waals surface area contributed by atoms with Crippen molar-refractivity contribution >= 4 is 0 Å². The predicted molar refractivity (Wildman–Crippen MR) is 60.1 cm³/mol. The van der Waals surface area contributed by atoms with Crippen LogP contribution in [0.15, 0.2) is 0 Å². The Kier molecular flexibility index (Phi) is 1.98. The van der Waals surface area contributed by atoms with Crippen molar-refractivity contribution in [2.75, 3.05) is 0 Å². The predicted octanol–water partition coefficient (Wildman–Crippen LogP) is 4.25. The topological polar surface area (TPSA) is 0 Å². The molecule has 0 bridgehead atoms. The largest absolute Gasteiger partial charge is 0.0620 e. The minimum Gasteiger partial charge on any atom is -0.0620 e. The molecule has 3 fully saturated rings. The van der Waals surface area contributed by atoms with Crippen molar-refractivity contribution in [2.45, 2.75) is 58.8 Å². The van der Waals surface area contributed by atoms with Crippen LogP contribution in [0.3, 0.4) is 0 Å². The van der Waals surface area contributed by atoms with Gasteiger partial charge >= 0.3 is 0 Å².